The smallest absolute Gasteiger partial charge is 0.318 e. The lowest BCUT2D eigenvalue weighted by atomic mass is 9.98. The first-order valence-electron chi connectivity index (χ1n) is 13.7. The Bertz CT molecular complexity index is 1110. The van der Waals surface area contributed by atoms with E-state index >= 15 is 0 Å². The molecule has 37 heavy (non-hydrogen) atoms. The zero-order chi connectivity index (χ0) is 25.8. The molecule has 0 bridgehead atoms. The monoisotopic (exact) mass is 504 g/mol. The van der Waals surface area contributed by atoms with E-state index < -0.39 is 0 Å². The van der Waals surface area contributed by atoms with E-state index in [0.29, 0.717) is 24.6 Å². The summed E-state index contributed by atoms with van der Waals surface area (Å²) in [4.78, 5) is 30.1. The van der Waals surface area contributed by atoms with E-state index in [1.807, 2.05) is 6.20 Å². The highest BCUT2D eigenvalue weighted by Gasteiger charge is 2.29. The molecule has 0 saturated carbocycles. The quantitative estimate of drug-likeness (QED) is 0.400. The van der Waals surface area contributed by atoms with Crippen LogP contribution in [0, 0.1) is 0 Å². The second-order valence-corrected chi connectivity index (χ2v) is 10.7. The fourth-order valence-electron chi connectivity index (χ4n) is 5.78. The number of hydrogen-bond acceptors (Lipinski definition) is 8. The molecule has 8 heteroatoms. The molecular weight excluding hydrogens is 464 g/mol. The fourth-order valence-corrected chi connectivity index (χ4v) is 5.78. The Morgan fingerprint density at radius 1 is 1.05 bits per heavy atom. The van der Waals surface area contributed by atoms with Crippen molar-refractivity contribution >= 4 is 17.8 Å². The molecule has 3 aliphatic rings. The van der Waals surface area contributed by atoms with Crippen molar-refractivity contribution in [2.45, 2.75) is 51.6 Å². The Kier molecular flexibility index (Phi) is 7.93. The molecule has 2 fully saturated rings. The Morgan fingerprint density at radius 2 is 1.86 bits per heavy atom. The molecule has 198 valence electrons. The lowest BCUT2D eigenvalue weighted by molar-refractivity contribution is -0.104. The first-order valence-corrected chi connectivity index (χ1v) is 13.7. The van der Waals surface area contributed by atoms with E-state index in [2.05, 4.69) is 64.8 Å². The van der Waals surface area contributed by atoms with Gasteiger partial charge in [-0.25, -0.2) is 0 Å². The lowest BCUT2D eigenvalue weighted by Crippen LogP contribution is -2.45. The van der Waals surface area contributed by atoms with Crippen LogP contribution in [0.2, 0.25) is 0 Å². The maximum absolute atomic E-state index is 10.7. The van der Waals surface area contributed by atoms with E-state index in [1.54, 1.807) is 6.08 Å². The SMILES string of the molecule is CC(C)c1ccccc1N1CCc2c(nc(OC[C@@H]3CCCN3C)nc2N2CCN(C=CC=O)CC2)C1. The number of ether oxygens (including phenoxy) is 1. The van der Waals surface area contributed by atoms with Crippen LogP contribution in [0.4, 0.5) is 11.5 Å². The van der Waals surface area contributed by atoms with Gasteiger partial charge in [0.05, 0.1) is 12.2 Å². The first-order chi connectivity index (χ1) is 18.0. The zero-order valence-corrected chi connectivity index (χ0v) is 22.5. The Hall–Kier alpha value is -3.13. The number of likely N-dealkylation sites (N-methyl/N-ethyl adjacent to an activating group) is 1. The van der Waals surface area contributed by atoms with Crippen molar-refractivity contribution in [1.29, 1.82) is 0 Å². The van der Waals surface area contributed by atoms with Crippen LogP contribution in [0.25, 0.3) is 0 Å². The molecule has 2 saturated heterocycles. The van der Waals surface area contributed by atoms with E-state index in [0.717, 1.165) is 76.5 Å². The number of carbonyl (C=O) groups is 1. The van der Waals surface area contributed by atoms with Crippen molar-refractivity contribution in [3.63, 3.8) is 0 Å². The van der Waals surface area contributed by atoms with Crippen LogP contribution in [0.3, 0.4) is 0 Å². The summed E-state index contributed by atoms with van der Waals surface area (Å²) >= 11 is 0. The second-order valence-electron chi connectivity index (χ2n) is 10.7. The molecular formula is C29H40N6O2. The maximum atomic E-state index is 10.7. The summed E-state index contributed by atoms with van der Waals surface area (Å²) in [6.45, 7) is 11.4. The zero-order valence-electron chi connectivity index (χ0n) is 22.5. The average Bonchev–Trinajstić information content (AvgIpc) is 3.34. The van der Waals surface area contributed by atoms with Gasteiger partial charge in [-0.2, -0.15) is 9.97 Å². The third-order valence-electron chi connectivity index (χ3n) is 7.99. The highest BCUT2D eigenvalue weighted by molar-refractivity contribution is 5.64. The molecule has 0 radical (unpaired) electrons. The number of rotatable bonds is 8. The molecule has 1 aromatic heterocycles. The minimum atomic E-state index is 0.422. The van der Waals surface area contributed by atoms with Gasteiger partial charge in [0.15, 0.2) is 0 Å². The number of para-hydroxylation sites is 1. The summed E-state index contributed by atoms with van der Waals surface area (Å²) in [7, 11) is 2.17. The van der Waals surface area contributed by atoms with Gasteiger partial charge in [-0.3, -0.25) is 4.79 Å². The number of allylic oxidation sites excluding steroid dienone is 1. The van der Waals surface area contributed by atoms with Crippen LogP contribution in [-0.4, -0.2) is 85.0 Å². The number of aromatic nitrogens is 2. The van der Waals surface area contributed by atoms with Gasteiger partial charge in [0.2, 0.25) is 0 Å². The van der Waals surface area contributed by atoms with Gasteiger partial charge in [0, 0.05) is 56.2 Å². The highest BCUT2D eigenvalue weighted by Crippen LogP contribution is 2.34. The number of benzene rings is 1. The molecule has 1 atom stereocenters. The number of carbonyl (C=O) groups excluding carboxylic acids is 1. The maximum Gasteiger partial charge on any atom is 0.318 e. The Labute approximate surface area is 220 Å². The van der Waals surface area contributed by atoms with Crippen LogP contribution < -0.4 is 14.5 Å². The van der Waals surface area contributed by atoms with Crippen molar-refractivity contribution in [3.05, 3.63) is 53.4 Å². The van der Waals surface area contributed by atoms with Gasteiger partial charge in [-0.15, -0.1) is 0 Å². The normalized spacial score (nSPS) is 20.6. The summed E-state index contributed by atoms with van der Waals surface area (Å²) in [5.74, 6) is 1.49. The van der Waals surface area contributed by atoms with Gasteiger partial charge in [-0.1, -0.05) is 32.0 Å². The fraction of sp³-hybridized carbons (Fsp3) is 0.552. The second kappa shape index (κ2) is 11.5. The van der Waals surface area contributed by atoms with Crippen molar-refractivity contribution in [3.8, 4) is 6.01 Å². The van der Waals surface area contributed by atoms with Crippen molar-refractivity contribution < 1.29 is 9.53 Å². The molecule has 2 aromatic rings. The van der Waals surface area contributed by atoms with Gasteiger partial charge >= 0.3 is 6.01 Å². The summed E-state index contributed by atoms with van der Waals surface area (Å²) in [6, 6.07) is 9.66. The van der Waals surface area contributed by atoms with Gasteiger partial charge in [-0.05, 0) is 56.5 Å². The highest BCUT2D eigenvalue weighted by atomic mass is 16.5. The molecule has 0 spiro atoms. The number of likely N-dealkylation sites (tertiary alicyclic amines) is 1. The minimum absolute atomic E-state index is 0.422. The van der Waals surface area contributed by atoms with Crippen LogP contribution >= 0.6 is 0 Å². The molecule has 0 aliphatic carbocycles. The molecule has 3 aliphatic heterocycles. The summed E-state index contributed by atoms with van der Waals surface area (Å²) in [5, 5.41) is 0. The number of anilines is 2. The minimum Gasteiger partial charge on any atom is -0.462 e. The number of piperazine rings is 1. The number of aldehydes is 1. The molecule has 0 unspecified atom stereocenters. The molecule has 1 aromatic carbocycles. The van der Waals surface area contributed by atoms with E-state index in [-0.39, 0.29) is 0 Å². The number of hydrogen-bond donors (Lipinski definition) is 0. The van der Waals surface area contributed by atoms with E-state index in [1.165, 1.54) is 23.2 Å². The Morgan fingerprint density at radius 3 is 2.59 bits per heavy atom. The summed E-state index contributed by atoms with van der Waals surface area (Å²) < 4.78 is 6.27. The lowest BCUT2D eigenvalue weighted by Gasteiger charge is -2.38. The van der Waals surface area contributed by atoms with Crippen LogP contribution in [-0.2, 0) is 17.8 Å². The van der Waals surface area contributed by atoms with E-state index in [9.17, 15) is 4.79 Å². The average molecular weight is 505 g/mol. The predicted octanol–water partition coefficient (Wildman–Crippen LogP) is 3.47. The predicted molar refractivity (Wildman–Crippen MR) is 147 cm³/mol. The van der Waals surface area contributed by atoms with Gasteiger partial charge in [0.1, 0.15) is 18.7 Å². The largest absolute Gasteiger partial charge is 0.462 e. The van der Waals surface area contributed by atoms with Crippen molar-refractivity contribution in [1.82, 2.24) is 19.8 Å². The molecule has 8 nitrogen and oxygen atoms in total. The third kappa shape index (κ3) is 5.74. The standard InChI is InChI=1S/C29H40N6O2/c1-22(2)24-9-4-5-10-27(24)35-14-11-25-26(20-35)30-29(37-21-23-8-6-12-32(23)3)31-28(25)34-17-15-33(16-18-34)13-7-19-36/h4-5,7,9-10,13,19,22-23H,6,8,11-12,14-18,20-21H2,1-3H3/t23-/m0/s1. The molecule has 0 N–H and O–H groups in total. The van der Waals surface area contributed by atoms with Crippen molar-refractivity contribution in [2.24, 2.45) is 0 Å². The number of nitrogens with zero attached hydrogens (tertiary/aromatic N) is 6. The number of fused-ring (bicyclic) bond motifs is 1. The van der Waals surface area contributed by atoms with Crippen LogP contribution in [0.1, 0.15) is 49.4 Å². The molecule has 5 rings (SSSR count). The van der Waals surface area contributed by atoms with Crippen molar-refractivity contribution in [2.75, 3.05) is 62.7 Å². The van der Waals surface area contributed by atoms with Gasteiger partial charge in [0.25, 0.3) is 0 Å². The molecule has 4 heterocycles. The van der Waals surface area contributed by atoms with E-state index in [4.69, 9.17) is 14.7 Å². The first kappa shape index (κ1) is 25.5. The van der Waals surface area contributed by atoms with Crippen LogP contribution in [0.5, 0.6) is 6.01 Å². The molecule has 0 amide bonds. The van der Waals surface area contributed by atoms with Gasteiger partial charge < -0.3 is 24.3 Å². The third-order valence-corrected chi connectivity index (χ3v) is 7.99. The summed E-state index contributed by atoms with van der Waals surface area (Å²) in [6.07, 6.45) is 7.57. The summed E-state index contributed by atoms with van der Waals surface area (Å²) in [5.41, 5.74) is 5.00. The Balaban J connectivity index is 1.41. The van der Waals surface area contributed by atoms with Crippen LogP contribution in [0.15, 0.2) is 36.5 Å². The topological polar surface area (TPSA) is 65.0 Å².